The van der Waals surface area contributed by atoms with Crippen LogP contribution in [0.5, 0.6) is 0 Å². The predicted molar refractivity (Wildman–Crippen MR) is 72.7 cm³/mol. The number of oxazole rings is 1. The Kier molecular flexibility index (Phi) is 3.31. The third-order valence-corrected chi connectivity index (χ3v) is 3.59. The van der Waals surface area contributed by atoms with Crippen molar-refractivity contribution in [2.45, 2.75) is 25.4 Å². The molecule has 1 aliphatic carbocycles. The van der Waals surface area contributed by atoms with Gasteiger partial charge < -0.3 is 9.52 Å². The van der Waals surface area contributed by atoms with Gasteiger partial charge >= 0.3 is 11.7 Å². The van der Waals surface area contributed by atoms with Gasteiger partial charge in [0.2, 0.25) is 0 Å². The number of carboxylic acids is 1. The molecule has 0 spiro atoms. The van der Waals surface area contributed by atoms with Gasteiger partial charge in [0, 0.05) is 19.1 Å². The number of hydrogen-bond donors (Lipinski definition) is 1. The van der Waals surface area contributed by atoms with E-state index in [-0.39, 0.29) is 6.54 Å². The second-order valence-electron chi connectivity index (χ2n) is 5.08. The monoisotopic (exact) mass is 276 g/mol. The summed E-state index contributed by atoms with van der Waals surface area (Å²) >= 11 is 0. The zero-order valence-electron chi connectivity index (χ0n) is 11.0. The van der Waals surface area contributed by atoms with Gasteiger partial charge in [-0.25, -0.2) is 4.79 Å². The Morgan fingerprint density at radius 3 is 2.85 bits per heavy atom. The van der Waals surface area contributed by atoms with Gasteiger partial charge in [0.15, 0.2) is 5.58 Å². The second kappa shape index (κ2) is 5.13. The van der Waals surface area contributed by atoms with Gasteiger partial charge in [-0.1, -0.05) is 12.1 Å². The fourth-order valence-corrected chi connectivity index (χ4v) is 2.46. The minimum absolute atomic E-state index is 0.0230. The van der Waals surface area contributed by atoms with Crippen LogP contribution in [-0.2, 0) is 11.3 Å². The first-order chi connectivity index (χ1) is 9.65. The van der Waals surface area contributed by atoms with Gasteiger partial charge in [0.25, 0.3) is 0 Å². The molecule has 0 aliphatic heterocycles. The van der Waals surface area contributed by atoms with Crippen LogP contribution < -0.4 is 5.76 Å². The van der Waals surface area contributed by atoms with Crippen LogP contribution in [-0.4, -0.2) is 39.7 Å². The summed E-state index contributed by atoms with van der Waals surface area (Å²) in [6.07, 6.45) is 2.07. The lowest BCUT2D eigenvalue weighted by Crippen LogP contribution is -2.35. The number of carboxylic acid groups (broad SMARTS) is 1. The molecule has 1 aromatic heterocycles. The number of carbonyl (C=O) groups is 1. The largest absolute Gasteiger partial charge is 0.480 e. The average Bonchev–Trinajstić information content (AvgIpc) is 3.19. The number of aromatic nitrogens is 1. The van der Waals surface area contributed by atoms with Crippen molar-refractivity contribution in [3.05, 3.63) is 34.8 Å². The first kappa shape index (κ1) is 12.9. The first-order valence-corrected chi connectivity index (χ1v) is 6.69. The lowest BCUT2D eigenvalue weighted by atomic mass is 10.3. The van der Waals surface area contributed by atoms with Gasteiger partial charge in [0.05, 0.1) is 12.1 Å². The molecule has 0 radical (unpaired) electrons. The number of aliphatic carboxylic acids is 1. The Morgan fingerprint density at radius 2 is 2.15 bits per heavy atom. The van der Waals surface area contributed by atoms with Crippen LogP contribution in [0.25, 0.3) is 11.1 Å². The average molecular weight is 276 g/mol. The van der Waals surface area contributed by atoms with Crippen LogP contribution in [0.15, 0.2) is 33.5 Å². The third kappa shape index (κ3) is 2.60. The molecule has 3 rings (SSSR count). The maximum Gasteiger partial charge on any atom is 0.419 e. The van der Waals surface area contributed by atoms with E-state index in [1.165, 1.54) is 0 Å². The van der Waals surface area contributed by atoms with Crippen molar-refractivity contribution in [2.75, 3.05) is 13.1 Å². The molecule has 0 amide bonds. The SMILES string of the molecule is O=C(O)CN(CCn1c(=O)oc2ccccc21)C1CC1. The fraction of sp³-hybridized carbons (Fsp3) is 0.429. The molecule has 1 saturated carbocycles. The Balaban J connectivity index is 1.77. The van der Waals surface area contributed by atoms with E-state index in [1.807, 2.05) is 23.1 Å². The Bertz CT molecular complexity index is 684. The van der Waals surface area contributed by atoms with Crippen molar-refractivity contribution in [3.63, 3.8) is 0 Å². The van der Waals surface area contributed by atoms with E-state index in [4.69, 9.17) is 9.52 Å². The molecular formula is C14H16N2O4. The van der Waals surface area contributed by atoms with E-state index >= 15 is 0 Å². The Morgan fingerprint density at radius 1 is 1.40 bits per heavy atom. The fourth-order valence-electron chi connectivity index (χ4n) is 2.46. The van der Waals surface area contributed by atoms with Crippen molar-refractivity contribution in [2.24, 2.45) is 0 Å². The van der Waals surface area contributed by atoms with Crippen LogP contribution >= 0.6 is 0 Å². The minimum atomic E-state index is -0.832. The molecule has 106 valence electrons. The lowest BCUT2D eigenvalue weighted by molar-refractivity contribution is -0.138. The number of nitrogens with zero attached hydrogens (tertiary/aromatic N) is 2. The van der Waals surface area contributed by atoms with Gasteiger partial charge in [-0.05, 0) is 25.0 Å². The van der Waals surface area contributed by atoms with Gasteiger partial charge in [-0.2, -0.15) is 0 Å². The number of benzene rings is 1. The van der Waals surface area contributed by atoms with E-state index < -0.39 is 11.7 Å². The summed E-state index contributed by atoms with van der Waals surface area (Å²) in [6, 6.07) is 7.60. The maximum atomic E-state index is 11.8. The smallest absolute Gasteiger partial charge is 0.419 e. The zero-order valence-corrected chi connectivity index (χ0v) is 11.0. The highest BCUT2D eigenvalue weighted by atomic mass is 16.4. The maximum absolute atomic E-state index is 11.8. The zero-order chi connectivity index (χ0) is 14.1. The van der Waals surface area contributed by atoms with Crippen molar-refractivity contribution in [1.82, 2.24) is 9.47 Å². The summed E-state index contributed by atoms with van der Waals surface area (Å²) < 4.78 is 6.72. The van der Waals surface area contributed by atoms with Crippen molar-refractivity contribution >= 4 is 17.1 Å². The van der Waals surface area contributed by atoms with Crippen LogP contribution in [0.3, 0.4) is 0 Å². The molecule has 1 aromatic carbocycles. The molecule has 20 heavy (non-hydrogen) atoms. The molecule has 6 nitrogen and oxygen atoms in total. The highest BCUT2D eigenvalue weighted by Crippen LogP contribution is 2.26. The third-order valence-electron chi connectivity index (χ3n) is 3.59. The molecule has 0 bridgehead atoms. The summed E-state index contributed by atoms with van der Waals surface area (Å²) in [7, 11) is 0. The van der Waals surface area contributed by atoms with E-state index in [9.17, 15) is 9.59 Å². The molecule has 0 unspecified atom stereocenters. The number of hydrogen-bond acceptors (Lipinski definition) is 4. The highest BCUT2D eigenvalue weighted by Gasteiger charge is 2.30. The molecule has 1 N–H and O–H groups in total. The molecule has 1 fully saturated rings. The van der Waals surface area contributed by atoms with Crippen molar-refractivity contribution in [1.29, 1.82) is 0 Å². The first-order valence-electron chi connectivity index (χ1n) is 6.69. The molecule has 0 atom stereocenters. The molecule has 0 saturated heterocycles. The summed E-state index contributed by atoms with van der Waals surface area (Å²) in [4.78, 5) is 24.6. The quantitative estimate of drug-likeness (QED) is 0.856. The molecular weight excluding hydrogens is 260 g/mol. The number of rotatable bonds is 6. The van der Waals surface area contributed by atoms with Crippen LogP contribution in [0.1, 0.15) is 12.8 Å². The summed E-state index contributed by atoms with van der Waals surface area (Å²) in [6.45, 7) is 1.01. The van der Waals surface area contributed by atoms with E-state index in [1.54, 1.807) is 10.6 Å². The summed E-state index contributed by atoms with van der Waals surface area (Å²) in [5.74, 6) is -1.22. The topological polar surface area (TPSA) is 75.7 Å². The lowest BCUT2D eigenvalue weighted by Gasteiger charge is -2.19. The van der Waals surface area contributed by atoms with E-state index in [0.717, 1.165) is 18.4 Å². The minimum Gasteiger partial charge on any atom is -0.480 e. The van der Waals surface area contributed by atoms with E-state index in [0.29, 0.717) is 24.7 Å². The van der Waals surface area contributed by atoms with Crippen molar-refractivity contribution in [3.8, 4) is 0 Å². The standard InChI is InChI=1S/C14H16N2O4/c17-13(18)9-15(10-5-6-10)7-8-16-11-3-1-2-4-12(11)20-14(16)19/h1-4,10H,5-9H2,(H,17,18). The second-order valence-corrected chi connectivity index (χ2v) is 5.08. The molecule has 1 heterocycles. The van der Waals surface area contributed by atoms with Gasteiger partial charge in [0.1, 0.15) is 0 Å². The normalized spacial score (nSPS) is 15.1. The molecule has 1 aliphatic rings. The van der Waals surface area contributed by atoms with Gasteiger partial charge in [-0.15, -0.1) is 0 Å². The molecule has 2 aromatic rings. The Hall–Kier alpha value is -2.08. The van der Waals surface area contributed by atoms with Crippen LogP contribution in [0.2, 0.25) is 0 Å². The number of fused-ring (bicyclic) bond motifs is 1. The van der Waals surface area contributed by atoms with Crippen LogP contribution in [0, 0.1) is 0 Å². The highest BCUT2D eigenvalue weighted by molar-refractivity contribution is 5.72. The van der Waals surface area contributed by atoms with E-state index in [2.05, 4.69) is 0 Å². The van der Waals surface area contributed by atoms with Crippen molar-refractivity contribution < 1.29 is 14.3 Å². The number of para-hydroxylation sites is 2. The predicted octanol–water partition coefficient (Wildman–Crippen LogP) is 1.14. The molecule has 6 heteroatoms. The Labute approximate surface area is 115 Å². The van der Waals surface area contributed by atoms with Gasteiger partial charge in [-0.3, -0.25) is 14.3 Å². The van der Waals surface area contributed by atoms with Crippen LogP contribution in [0.4, 0.5) is 0 Å². The summed E-state index contributed by atoms with van der Waals surface area (Å²) in [5.41, 5.74) is 1.32. The summed E-state index contributed by atoms with van der Waals surface area (Å²) in [5, 5.41) is 8.92.